The van der Waals surface area contributed by atoms with E-state index in [0.29, 0.717) is 5.75 Å². The number of ether oxygens (including phenoxy) is 2. The van der Waals surface area contributed by atoms with Gasteiger partial charge in [0.1, 0.15) is 17.2 Å². The Balaban J connectivity index is 1.56. The molecule has 0 radical (unpaired) electrons. The van der Waals surface area contributed by atoms with E-state index < -0.39 is 6.10 Å². The largest absolute Gasteiger partial charge is 0.481 e. The molecule has 3 rings (SSSR count). The van der Waals surface area contributed by atoms with E-state index in [1.807, 2.05) is 66.4 Å². The highest BCUT2D eigenvalue weighted by Gasteiger charge is 2.23. The summed E-state index contributed by atoms with van der Waals surface area (Å²) in [5, 5.41) is 0. The molecular formula is C20H23NO3. The average molecular weight is 325 g/mol. The van der Waals surface area contributed by atoms with Gasteiger partial charge in [-0.25, -0.2) is 0 Å². The number of benzene rings is 2. The molecule has 0 bridgehead atoms. The van der Waals surface area contributed by atoms with Crippen molar-refractivity contribution in [3.63, 3.8) is 0 Å². The molecule has 1 saturated heterocycles. The Morgan fingerprint density at radius 3 is 2.12 bits per heavy atom. The van der Waals surface area contributed by atoms with Gasteiger partial charge in [0.2, 0.25) is 0 Å². The smallest absolute Gasteiger partial charge is 0.263 e. The van der Waals surface area contributed by atoms with Crippen LogP contribution in [0.25, 0.3) is 0 Å². The summed E-state index contributed by atoms with van der Waals surface area (Å²) in [5.74, 6) is 2.27. The van der Waals surface area contributed by atoms with Gasteiger partial charge in [-0.15, -0.1) is 0 Å². The molecule has 1 amide bonds. The maximum absolute atomic E-state index is 12.4. The van der Waals surface area contributed by atoms with Crippen molar-refractivity contribution in [1.29, 1.82) is 0 Å². The van der Waals surface area contributed by atoms with Gasteiger partial charge in [-0.3, -0.25) is 4.79 Å². The number of hydrogen-bond acceptors (Lipinski definition) is 3. The zero-order valence-electron chi connectivity index (χ0n) is 14.0. The number of carbonyl (C=O) groups is 1. The molecule has 1 heterocycles. The lowest BCUT2D eigenvalue weighted by molar-refractivity contribution is -0.138. The Hall–Kier alpha value is -2.49. The normalized spacial score (nSPS) is 15.6. The van der Waals surface area contributed by atoms with Gasteiger partial charge in [-0.2, -0.15) is 0 Å². The first kappa shape index (κ1) is 16.4. The fraction of sp³-hybridized carbons (Fsp3) is 0.350. The number of piperidine rings is 1. The molecule has 1 aliphatic heterocycles. The fourth-order valence-electron chi connectivity index (χ4n) is 2.84. The summed E-state index contributed by atoms with van der Waals surface area (Å²) in [6.45, 7) is 3.50. The molecule has 0 aliphatic carbocycles. The van der Waals surface area contributed by atoms with Crippen LogP contribution in [0.5, 0.6) is 17.2 Å². The molecular weight excluding hydrogens is 302 g/mol. The Kier molecular flexibility index (Phi) is 5.36. The highest BCUT2D eigenvalue weighted by Crippen LogP contribution is 2.24. The minimum Gasteiger partial charge on any atom is -0.481 e. The highest BCUT2D eigenvalue weighted by atomic mass is 16.5. The quantitative estimate of drug-likeness (QED) is 0.824. The first-order valence-corrected chi connectivity index (χ1v) is 8.51. The van der Waals surface area contributed by atoms with Crippen LogP contribution in [0.4, 0.5) is 0 Å². The van der Waals surface area contributed by atoms with E-state index in [2.05, 4.69) is 0 Å². The second-order valence-electron chi connectivity index (χ2n) is 6.03. The molecule has 0 saturated carbocycles. The summed E-state index contributed by atoms with van der Waals surface area (Å²) >= 11 is 0. The van der Waals surface area contributed by atoms with Crippen LogP contribution in [0, 0.1) is 0 Å². The molecule has 0 aromatic heterocycles. The third kappa shape index (κ3) is 4.28. The van der Waals surface area contributed by atoms with Crippen LogP contribution in [-0.2, 0) is 4.79 Å². The van der Waals surface area contributed by atoms with E-state index >= 15 is 0 Å². The lowest BCUT2D eigenvalue weighted by Gasteiger charge is -2.29. The zero-order chi connectivity index (χ0) is 16.8. The molecule has 4 heteroatoms. The average Bonchev–Trinajstić information content (AvgIpc) is 2.64. The topological polar surface area (TPSA) is 38.8 Å². The minimum absolute atomic E-state index is 0.0688. The summed E-state index contributed by atoms with van der Waals surface area (Å²) < 4.78 is 11.5. The molecule has 0 N–H and O–H groups in total. The second-order valence-corrected chi connectivity index (χ2v) is 6.03. The fourth-order valence-corrected chi connectivity index (χ4v) is 2.84. The van der Waals surface area contributed by atoms with Crippen molar-refractivity contribution in [2.24, 2.45) is 0 Å². The van der Waals surface area contributed by atoms with Crippen LogP contribution < -0.4 is 9.47 Å². The number of amides is 1. The van der Waals surface area contributed by atoms with E-state index in [4.69, 9.17) is 9.47 Å². The highest BCUT2D eigenvalue weighted by molar-refractivity contribution is 5.81. The van der Waals surface area contributed by atoms with Crippen LogP contribution in [0.3, 0.4) is 0 Å². The Morgan fingerprint density at radius 2 is 1.46 bits per heavy atom. The summed E-state index contributed by atoms with van der Waals surface area (Å²) in [4.78, 5) is 14.3. The molecule has 1 atom stereocenters. The lowest BCUT2D eigenvalue weighted by Crippen LogP contribution is -2.43. The van der Waals surface area contributed by atoms with E-state index in [1.54, 1.807) is 0 Å². The minimum atomic E-state index is -0.469. The predicted molar refractivity (Wildman–Crippen MR) is 93.5 cm³/mol. The first-order chi connectivity index (χ1) is 11.7. The lowest BCUT2D eigenvalue weighted by atomic mass is 10.1. The van der Waals surface area contributed by atoms with Crippen molar-refractivity contribution < 1.29 is 14.3 Å². The Bertz CT molecular complexity index is 648. The molecule has 2 aromatic rings. The third-order valence-corrected chi connectivity index (χ3v) is 4.13. The van der Waals surface area contributed by atoms with Gasteiger partial charge in [0.25, 0.3) is 5.91 Å². The molecule has 126 valence electrons. The number of carbonyl (C=O) groups excluding carboxylic acids is 1. The van der Waals surface area contributed by atoms with Crippen molar-refractivity contribution >= 4 is 5.91 Å². The summed E-state index contributed by atoms with van der Waals surface area (Å²) in [6.07, 6.45) is 2.92. The monoisotopic (exact) mass is 325 g/mol. The number of rotatable bonds is 5. The molecule has 2 aromatic carbocycles. The summed E-state index contributed by atoms with van der Waals surface area (Å²) in [7, 11) is 0. The second kappa shape index (κ2) is 7.86. The molecule has 1 fully saturated rings. The molecule has 0 spiro atoms. The third-order valence-electron chi connectivity index (χ3n) is 4.13. The number of hydrogen-bond donors (Lipinski definition) is 0. The van der Waals surface area contributed by atoms with E-state index in [1.165, 1.54) is 6.42 Å². The standard InChI is InChI=1S/C20H23NO3/c1-16(20(22)21-14-6-3-7-15-21)23-18-10-12-19(13-11-18)24-17-8-4-2-5-9-17/h2,4-5,8-13,16H,3,6-7,14-15H2,1H3. The number of para-hydroxylation sites is 1. The van der Waals surface area contributed by atoms with Crippen LogP contribution >= 0.6 is 0 Å². The number of likely N-dealkylation sites (tertiary alicyclic amines) is 1. The van der Waals surface area contributed by atoms with Crippen molar-refractivity contribution in [3.8, 4) is 17.2 Å². The van der Waals surface area contributed by atoms with E-state index in [9.17, 15) is 4.79 Å². The molecule has 1 aliphatic rings. The van der Waals surface area contributed by atoms with Crippen LogP contribution in [0.2, 0.25) is 0 Å². The zero-order valence-corrected chi connectivity index (χ0v) is 14.0. The first-order valence-electron chi connectivity index (χ1n) is 8.51. The molecule has 24 heavy (non-hydrogen) atoms. The Labute approximate surface area is 143 Å². The molecule has 4 nitrogen and oxygen atoms in total. The van der Waals surface area contributed by atoms with Crippen LogP contribution in [0.1, 0.15) is 26.2 Å². The SMILES string of the molecule is CC(Oc1ccc(Oc2ccccc2)cc1)C(=O)N1CCCCC1. The van der Waals surface area contributed by atoms with Gasteiger partial charge in [0, 0.05) is 13.1 Å². The predicted octanol–water partition coefficient (Wildman–Crippen LogP) is 4.26. The van der Waals surface area contributed by atoms with Crippen molar-refractivity contribution in [2.45, 2.75) is 32.3 Å². The van der Waals surface area contributed by atoms with Crippen LogP contribution in [-0.4, -0.2) is 30.0 Å². The van der Waals surface area contributed by atoms with Gasteiger partial charge in [0.05, 0.1) is 0 Å². The van der Waals surface area contributed by atoms with E-state index in [-0.39, 0.29) is 5.91 Å². The van der Waals surface area contributed by atoms with Crippen molar-refractivity contribution in [2.75, 3.05) is 13.1 Å². The van der Waals surface area contributed by atoms with Gasteiger partial charge in [0.15, 0.2) is 6.10 Å². The maximum atomic E-state index is 12.4. The number of nitrogens with zero attached hydrogens (tertiary/aromatic N) is 1. The van der Waals surface area contributed by atoms with E-state index in [0.717, 1.165) is 37.4 Å². The van der Waals surface area contributed by atoms with Gasteiger partial charge < -0.3 is 14.4 Å². The van der Waals surface area contributed by atoms with Crippen molar-refractivity contribution in [3.05, 3.63) is 54.6 Å². The van der Waals surface area contributed by atoms with Gasteiger partial charge in [-0.1, -0.05) is 18.2 Å². The van der Waals surface area contributed by atoms with Crippen LogP contribution in [0.15, 0.2) is 54.6 Å². The summed E-state index contributed by atoms with van der Waals surface area (Å²) in [6, 6.07) is 17.0. The van der Waals surface area contributed by atoms with Gasteiger partial charge >= 0.3 is 0 Å². The van der Waals surface area contributed by atoms with Crippen molar-refractivity contribution in [1.82, 2.24) is 4.90 Å². The maximum Gasteiger partial charge on any atom is 0.263 e. The summed E-state index contributed by atoms with van der Waals surface area (Å²) in [5.41, 5.74) is 0. The Morgan fingerprint density at radius 1 is 0.875 bits per heavy atom. The van der Waals surface area contributed by atoms with Gasteiger partial charge in [-0.05, 0) is 62.6 Å². The molecule has 1 unspecified atom stereocenters.